The Hall–Kier alpha value is -2.72. The third-order valence-electron chi connectivity index (χ3n) is 4.35. The fourth-order valence-electron chi connectivity index (χ4n) is 3.04. The molecule has 5 N–H and O–H groups in total. The average Bonchev–Trinajstić information content (AvgIpc) is 2.58. The zero-order valence-corrected chi connectivity index (χ0v) is 14.5. The summed E-state index contributed by atoms with van der Waals surface area (Å²) in [6, 6.07) is 3.52. The number of β-lactam (4-membered cyclic amide) rings is 1. The molecule has 1 unspecified atom stereocenters. The second kappa shape index (κ2) is 6.54. The molecule has 2 heterocycles. The van der Waals surface area contributed by atoms with E-state index in [0.717, 1.165) is 4.90 Å². The molecule has 2 aliphatic rings. The summed E-state index contributed by atoms with van der Waals surface area (Å²) in [6.45, 7) is 1.51. The first-order valence-electron chi connectivity index (χ1n) is 7.70. The molecule has 10 heteroatoms. The van der Waals surface area contributed by atoms with E-state index in [1.165, 1.54) is 31.2 Å². The van der Waals surface area contributed by atoms with Crippen LogP contribution in [0.1, 0.15) is 18.5 Å². The smallest absolute Gasteiger partial charge is 0.352 e. The van der Waals surface area contributed by atoms with E-state index >= 15 is 0 Å². The minimum Gasteiger partial charge on any atom is -0.508 e. The first-order valence-corrected chi connectivity index (χ1v) is 9.08. The Kier molecular flexibility index (Phi) is 4.55. The molecule has 1 aromatic rings. The topological polar surface area (TPSA) is 150 Å². The molecule has 0 radical (unpaired) electrons. The monoisotopic (exact) mass is 379 g/mol. The standard InChI is InChI=1S/C16H17N3O6S/c1-7-6-26(25)15-11(14(22)19(15)12(7)16(23)24)18-13(21)10(17)8-2-4-9(20)5-3-8/h2-5,10-11,15,20H,6,17H2,1H3,(H,18,21)(H,23,24)/t10-,11+,15+,26?/m0/s1. The zero-order valence-electron chi connectivity index (χ0n) is 13.7. The summed E-state index contributed by atoms with van der Waals surface area (Å²) in [7, 11) is -1.53. The first kappa shape index (κ1) is 18.1. The number of carboxylic acid groups (broad SMARTS) is 1. The van der Waals surface area contributed by atoms with Gasteiger partial charge in [-0.2, -0.15) is 0 Å². The van der Waals surface area contributed by atoms with Crippen molar-refractivity contribution in [2.45, 2.75) is 24.4 Å². The maximum absolute atomic E-state index is 12.3. The van der Waals surface area contributed by atoms with E-state index in [-0.39, 0.29) is 17.2 Å². The van der Waals surface area contributed by atoms with Crippen LogP contribution in [0.5, 0.6) is 5.75 Å². The van der Waals surface area contributed by atoms with Gasteiger partial charge in [-0.3, -0.25) is 18.7 Å². The summed E-state index contributed by atoms with van der Waals surface area (Å²) in [5.74, 6) is -2.53. The predicted octanol–water partition coefficient (Wildman–Crippen LogP) is -0.834. The summed E-state index contributed by atoms with van der Waals surface area (Å²) in [5.41, 5.74) is 6.46. The number of amides is 2. The lowest BCUT2D eigenvalue weighted by Crippen LogP contribution is -2.73. The van der Waals surface area contributed by atoms with E-state index in [9.17, 15) is 28.8 Å². The van der Waals surface area contributed by atoms with Crippen LogP contribution in [0, 0.1) is 0 Å². The average molecular weight is 379 g/mol. The van der Waals surface area contributed by atoms with Crippen molar-refractivity contribution in [2.24, 2.45) is 5.73 Å². The molecular weight excluding hydrogens is 362 g/mol. The van der Waals surface area contributed by atoms with E-state index in [1.54, 1.807) is 0 Å². The number of aromatic hydroxyl groups is 1. The highest BCUT2D eigenvalue weighted by Gasteiger charge is 2.56. The quantitative estimate of drug-likeness (QED) is 0.498. The van der Waals surface area contributed by atoms with Gasteiger partial charge < -0.3 is 21.3 Å². The number of rotatable bonds is 4. The Balaban J connectivity index is 1.77. The molecule has 2 amide bonds. The summed E-state index contributed by atoms with van der Waals surface area (Å²) in [4.78, 5) is 37.0. The molecule has 4 atom stereocenters. The van der Waals surface area contributed by atoms with Crippen molar-refractivity contribution in [3.8, 4) is 5.75 Å². The highest BCUT2D eigenvalue weighted by molar-refractivity contribution is 7.86. The summed E-state index contributed by atoms with van der Waals surface area (Å²) >= 11 is 0. The van der Waals surface area contributed by atoms with E-state index in [2.05, 4.69) is 5.32 Å². The predicted molar refractivity (Wildman–Crippen MR) is 90.9 cm³/mol. The van der Waals surface area contributed by atoms with Crippen LogP contribution in [0.3, 0.4) is 0 Å². The number of benzene rings is 1. The van der Waals surface area contributed by atoms with Crippen LogP contribution in [0.4, 0.5) is 0 Å². The number of phenolic OH excluding ortho intramolecular Hbond substituents is 1. The number of nitrogens with two attached hydrogens (primary N) is 1. The van der Waals surface area contributed by atoms with Crippen LogP contribution in [-0.2, 0) is 25.2 Å². The number of carbonyl (C=O) groups is 3. The Labute approximate surface area is 150 Å². The van der Waals surface area contributed by atoms with Gasteiger partial charge in [0.1, 0.15) is 28.9 Å². The fraction of sp³-hybridized carbons (Fsp3) is 0.312. The van der Waals surface area contributed by atoms with Gasteiger partial charge in [-0.15, -0.1) is 0 Å². The van der Waals surface area contributed by atoms with Gasteiger partial charge in [0.15, 0.2) is 0 Å². The van der Waals surface area contributed by atoms with Gasteiger partial charge in [0.05, 0.1) is 10.8 Å². The first-order chi connectivity index (χ1) is 12.2. The molecule has 2 aliphatic heterocycles. The molecule has 0 aromatic heterocycles. The van der Waals surface area contributed by atoms with Crippen molar-refractivity contribution in [1.82, 2.24) is 10.2 Å². The van der Waals surface area contributed by atoms with Crippen LogP contribution in [0.25, 0.3) is 0 Å². The van der Waals surface area contributed by atoms with Crippen molar-refractivity contribution < 1.29 is 28.8 Å². The van der Waals surface area contributed by atoms with Crippen molar-refractivity contribution in [3.63, 3.8) is 0 Å². The summed E-state index contributed by atoms with van der Waals surface area (Å²) in [6.07, 6.45) is 0. The Morgan fingerprint density at radius 1 is 1.35 bits per heavy atom. The molecule has 0 spiro atoms. The van der Waals surface area contributed by atoms with Gasteiger partial charge in [0.2, 0.25) is 5.91 Å². The number of carbonyl (C=O) groups excluding carboxylic acids is 2. The number of phenols is 1. The second-order valence-electron chi connectivity index (χ2n) is 6.11. The molecular formula is C16H17N3O6S. The van der Waals surface area contributed by atoms with Gasteiger partial charge in [-0.05, 0) is 30.2 Å². The van der Waals surface area contributed by atoms with E-state index in [0.29, 0.717) is 11.1 Å². The Bertz CT molecular complexity index is 850. The molecule has 3 rings (SSSR count). The van der Waals surface area contributed by atoms with Crippen LogP contribution in [0.2, 0.25) is 0 Å². The lowest BCUT2D eigenvalue weighted by Gasteiger charge is -2.49. The lowest BCUT2D eigenvalue weighted by molar-refractivity contribution is -0.151. The van der Waals surface area contributed by atoms with Crippen LogP contribution >= 0.6 is 0 Å². The normalized spacial score (nSPS) is 26.0. The lowest BCUT2D eigenvalue weighted by atomic mass is 10.0. The number of hydrogen-bond acceptors (Lipinski definition) is 6. The van der Waals surface area contributed by atoms with Crippen LogP contribution in [-0.4, -0.2) is 54.3 Å². The van der Waals surface area contributed by atoms with Crippen molar-refractivity contribution >= 4 is 28.6 Å². The molecule has 0 saturated carbocycles. The number of nitrogens with zero attached hydrogens (tertiary/aromatic N) is 1. The van der Waals surface area contributed by atoms with Gasteiger partial charge in [-0.1, -0.05) is 12.1 Å². The number of fused-ring (bicyclic) bond motifs is 1. The van der Waals surface area contributed by atoms with Crippen molar-refractivity contribution in [2.75, 3.05) is 5.75 Å². The molecule has 1 saturated heterocycles. The third-order valence-corrected chi connectivity index (χ3v) is 6.09. The van der Waals surface area contributed by atoms with Crippen molar-refractivity contribution in [1.29, 1.82) is 0 Å². The van der Waals surface area contributed by atoms with E-state index in [1.807, 2.05) is 0 Å². The number of hydrogen-bond donors (Lipinski definition) is 4. The molecule has 1 aromatic carbocycles. The Morgan fingerprint density at radius 3 is 2.54 bits per heavy atom. The molecule has 9 nitrogen and oxygen atoms in total. The molecule has 138 valence electrons. The molecule has 26 heavy (non-hydrogen) atoms. The highest BCUT2D eigenvalue weighted by Crippen LogP contribution is 2.34. The number of nitrogens with one attached hydrogen (secondary N) is 1. The fourth-order valence-corrected chi connectivity index (χ4v) is 4.71. The summed E-state index contributed by atoms with van der Waals surface area (Å²) < 4.78 is 12.3. The van der Waals surface area contributed by atoms with Gasteiger partial charge in [0.25, 0.3) is 5.91 Å². The second-order valence-corrected chi connectivity index (χ2v) is 7.65. The van der Waals surface area contributed by atoms with Crippen LogP contribution < -0.4 is 11.1 Å². The van der Waals surface area contributed by atoms with E-state index in [4.69, 9.17) is 5.73 Å². The molecule has 1 fully saturated rings. The Morgan fingerprint density at radius 2 is 1.96 bits per heavy atom. The van der Waals surface area contributed by atoms with E-state index < -0.39 is 46.0 Å². The van der Waals surface area contributed by atoms with Crippen LogP contribution in [0.15, 0.2) is 35.5 Å². The third kappa shape index (κ3) is 2.86. The highest BCUT2D eigenvalue weighted by atomic mass is 32.2. The summed E-state index contributed by atoms with van der Waals surface area (Å²) in [5, 5.41) is 20.1. The maximum atomic E-state index is 12.3. The largest absolute Gasteiger partial charge is 0.508 e. The van der Waals surface area contributed by atoms with Gasteiger partial charge >= 0.3 is 5.97 Å². The SMILES string of the molecule is CC1=C(C(=O)O)N2C(=O)[C@@H](NC(=O)[C@@H](N)c3ccc(O)cc3)[C@H]2S(=O)C1. The van der Waals surface area contributed by atoms with Gasteiger partial charge in [-0.25, -0.2) is 4.79 Å². The minimum absolute atomic E-state index is 0.0203. The number of aliphatic carboxylic acids is 1. The molecule has 0 bridgehead atoms. The van der Waals surface area contributed by atoms with Crippen molar-refractivity contribution in [3.05, 3.63) is 41.1 Å². The minimum atomic E-state index is -1.53. The number of carboxylic acids is 1. The zero-order chi connectivity index (χ0) is 19.2. The molecule has 0 aliphatic carbocycles. The van der Waals surface area contributed by atoms with Gasteiger partial charge in [0, 0.05) is 5.75 Å². The maximum Gasteiger partial charge on any atom is 0.352 e.